The normalized spacial score (nSPS) is 14.8. The fraction of sp³-hybridized carbons (Fsp3) is 0.571. The third kappa shape index (κ3) is 3.84. The van der Waals surface area contributed by atoms with E-state index in [1.165, 1.54) is 23.3 Å². The van der Waals surface area contributed by atoms with Crippen molar-refractivity contribution in [3.05, 3.63) is 29.8 Å². The van der Waals surface area contributed by atoms with Crippen LogP contribution in [0.4, 0.5) is 0 Å². The van der Waals surface area contributed by atoms with Crippen LogP contribution in [0.5, 0.6) is 0 Å². The molecule has 0 aliphatic heterocycles. The topological polar surface area (TPSA) is 26.0 Å². The molecule has 0 aromatic heterocycles. The Morgan fingerprint density at radius 1 is 1.31 bits per heavy atom. The molecule has 0 aliphatic carbocycles. The Morgan fingerprint density at radius 3 is 2.62 bits per heavy atom. The average molecular weight is 237 g/mol. The highest BCUT2D eigenvalue weighted by atomic mass is 32.2. The van der Waals surface area contributed by atoms with Crippen LogP contribution >= 0.6 is 11.8 Å². The van der Waals surface area contributed by atoms with Crippen molar-refractivity contribution in [3.63, 3.8) is 0 Å². The first kappa shape index (κ1) is 13.6. The Balaban J connectivity index is 2.68. The van der Waals surface area contributed by atoms with Crippen molar-refractivity contribution in [2.24, 2.45) is 11.7 Å². The van der Waals surface area contributed by atoms with Crippen molar-refractivity contribution >= 4 is 11.8 Å². The summed E-state index contributed by atoms with van der Waals surface area (Å²) in [7, 11) is 0. The summed E-state index contributed by atoms with van der Waals surface area (Å²) in [6.45, 7) is 4.53. The summed E-state index contributed by atoms with van der Waals surface area (Å²) >= 11 is 1.78. The van der Waals surface area contributed by atoms with Gasteiger partial charge < -0.3 is 5.73 Å². The zero-order valence-electron chi connectivity index (χ0n) is 10.6. The van der Waals surface area contributed by atoms with Crippen LogP contribution in [0, 0.1) is 5.92 Å². The molecule has 0 radical (unpaired) electrons. The molecule has 1 aromatic rings. The van der Waals surface area contributed by atoms with E-state index < -0.39 is 0 Å². The molecule has 0 saturated heterocycles. The SMILES string of the molecule is CCCC(C)CC(N)c1ccccc1SC. The minimum absolute atomic E-state index is 0.185. The maximum atomic E-state index is 6.29. The summed E-state index contributed by atoms with van der Waals surface area (Å²) in [6.07, 6.45) is 5.72. The van der Waals surface area contributed by atoms with Crippen LogP contribution in [-0.2, 0) is 0 Å². The molecule has 0 aliphatic rings. The van der Waals surface area contributed by atoms with Gasteiger partial charge in [-0.1, -0.05) is 44.9 Å². The molecule has 1 nitrogen and oxygen atoms in total. The van der Waals surface area contributed by atoms with Crippen LogP contribution < -0.4 is 5.73 Å². The molecular formula is C14H23NS. The molecule has 0 amide bonds. The zero-order chi connectivity index (χ0) is 12.0. The lowest BCUT2D eigenvalue weighted by Gasteiger charge is -2.19. The van der Waals surface area contributed by atoms with Gasteiger partial charge in [0.25, 0.3) is 0 Å². The second-order valence-corrected chi connectivity index (χ2v) is 5.33. The van der Waals surface area contributed by atoms with Gasteiger partial charge in [-0.05, 0) is 30.2 Å². The fourth-order valence-electron chi connectivity index (χ4n) is 2.14. The molecular weight excluding hydrogens is 214 g/mol. The van der Waals surface area contributed by atoms with E-state index in [-0.39, 0.29) is 6.04 Å². The minimum atomic E-state index is 0.185. The molecule has 90 valence electrons. The van der Waals surface area contributed by atoms with E-state index in [0.29, 0.717) is 0 Å². The minimum Gasteiger partial charge on any atom is -0.324 e. The number of nitrogens with two attached hydrogens (primary N) is 1. The summed E-state index contributed by atoms with van der Waals surface area (Å²) in [6, 6.07) is 8.67. The molecule has 0 fully saturated rings. The van der Waals surface area contributed by atoms with E-state index in [1.54, 1.807) is 11.8 Å². The Bertz CT molecular complexity index is 311. The van der Waals surface area contributed by atoms with Gasteiger partial charge in [-0.2, -0.15) is 0 Å². The van der Waals surface area contributed by atoms with Gasteiger partial charge in [-0.15, -0.1) is 11.8 Å². The van der Waals surface area contributed by atoms with Crippen molar-refractivity contribution in [1.82, 2.24) is 0 Å². The van der Waals surface area contributed by atoms with Crippen LogP contribution in [0.3, 0.4) is 0 Å². The van der Waals surface area contributed by atoms with Gasteiger partial charge in [-0.3, -0.25) is 0 Å². The van der Waals surface area contributed by atoms with E-state index >= 15 is 0 Å². The van der Waals surface area contributed by atoms with Crippen molar-refractivity contribution in [3.8, 4) is 0 Å². The summed E-state index contributed by atoms with van der Waals surface area (Å²) < 4.78 is 0. The maximum absolute atomic E-state index is 6.29. The Kier molecular flexibility index (Phi) is 5.93. The van der Waals surface area contributed by atoms with Crippen LogP contribution in [0.2, 0.25) is 0 Å². The Morgan fingerprint density at radius 2 is 2.00 bits per heavy atom. The average Bonchev–Trinajstić information content (AvgIpc) is 2.29. The first-order valence-electron chi connectivity index (χ1n) is 6.07. The van der Waals surface area contributed by atoms with Gasteiger partial charge in [0.05, 0.1) is 0 Å². The van der Waals surface area contributed by atoms with Crippen molar-refractivity contribution in [1.29, 1.82) is 0 Å². The first-order chi connectivity index (χ1) is 7.69. The van der Waals surface area contributed by atoms with Gasteiger partial charge in [0, 0.05) is 10.9 Å². The number of thioether (sulfide) groups is 1. The quantitative estimate of drug-likeness (QED) is 0.749. The standard InChI is InChI=1S/C14H23NS/c1-4-7-11(2)10-13(15)12-8-5-6-9-14(12)16-3/h5-6,8-9,11,13H,4,7,10,15H2,1-3H3. The Labute approximate surface area is 104 Å². The maximum Gasteiger partial charge on any atom is 0.0308 e. The number of hydrogen-bond donors (Lipinski definition) is 1. The molecule has 16 heavy (non-hydrogen) atoms. The molecule has 2 heteroatoms. The second kappa shape index (κ2) is 6.97. The highest BCUT2D eigenvalue weighted by Crippen LogP contribution is 2.28. The van der Waals surface area contributed by atoms with Crippen LogP contribution in [0.25, 0.3) is 0 Å². The van der Waals surface area contributed by atoms with Crippen molar-refractivity contribution in [2.75, 3.05) is 6.26 Å². The number of hydrogen-bond acceptors (Lipinski definition) is 2. The largest absolute Gasteiger partial charge is 0.324 e. The lowest BCUT2D eigenvalue weighted by molar-refractivity contribution is 0.438. The highest BCUT2D eigenvalue weighted by Gasteiger charge is 2.13. The van der Waals surface area contributed by atoms with Gasteiger partial charge in [0.1, 0.15) is 0 Å². The Hall–Kier alpha value is -0.470. The summed E-state index contributed by atoms with van der Waals surface area (Å²) in [5, 5.41) is 0. The smallest absolute Gasteiger partial charge is 0.0308 e. The molecule has 0 saturated carbocycles. The van der Waals surface area contributed by atoms with Crippen LogP contribution in [0.15, 0.2) is 29.2 Å². The lowest BCUT2D eigenvalue weighted by atomic mass is 9.93. The van der Waals surface area contributed by atoms with E-state index in [0.717, 1.165) is 12.3 Å². The fourth-order valence-corrected chi connectivity index (χ4v) is 2.81. The summed E-state index contributed by atoms with van der Waals surface area (Å²) in [5.74, 6) is 0.718. The monoisotopic (exact) mass is 237 g/mol. The van der Waals surface area contributed by atoms with Crippen molar-refractivity contribution in [2.45, 2.75) is 44.0 Å². The van der Waals surface area contributed by atoms with Gasteiger partial charge >= 0.3 is 0 Å². The second-order valence-electron chi connectivity index (χ2n) is 4.48. The predicted octanol–water partition coefficient (Wildman–Crippen LogP) is 4.23. The molecule has 1 rings (SSSR count). The predicted molar refractivity (Wildman–Crippen MR) is 73.8 cm³/mol. The van der Waals surface area contributed by atoms with Gasteiger partial charge in [0.15, 0.2) is 0 Å². The van der Waals surface area contributed by atoms with Crippen LogP contribution in [-0.4, -0.2) is 6.26 Å². The van der Waals surface area contributed by atoms with Crippen LogP contribution in [0.1, 0.15) is 44.7 Å². The van der Waals surface area contributed by atoms with E-state index in [2.05, 4.69) is 44.4 Å². The molecule has 2 N–H and O–H groups in total. The molecule has 1 aromatic carbocycles. The third-order valence-corrected chi connectivity index (χ3v) is 3.79. The van der Waals surface area contributed by atoms with E-state index in [9.17, 15) is 0 Å². The zero-order valence-corrected chi connectivity index (χ0v) is 11.4. The first-order valence-corrected chi connectivity index (χ1v) is 7.30. The van der Waals surface area contributed by atoms with E-state index in [1.807, 2.05) is 0 Å². The number of benzene rings is 1. The van der Waals surface area contributed by atoms with E-state index in [4.69, 9.17) is 5.73 Å². The molecule has 0 bridgehead atoms. The summed E-state index contributed by atoms with van der Waals surface area (Å²) in [4.78, 5) is 1.32. The summed E-state index contributed by atoms with van der Waals surface area (Å²) in [5.41, 5.74) is 7.59. The molecule has 0 heterocycles. The number of rotatable bonds is 6. The third-order valence-electron chi connectivity index (χ3n) is 2.98. The highest BCUT2D eigenvalue weighted by molar-refractivity contribution is 7.98. The molecule has 2 unspecified atom stereocenters. The van der Waals surface area contributed by atoms with Crippen molar-refractivity contribution < 1.29 is 0 Å². The molecule has 2 atom stereocenters. The molecule has 0 spiro atoms. The van der Waals surface area contributed by atoms with Gasteiger partial charge in [0.2, 0.25) is 0 Å². The lowest BCUT2D eigenvalue weighted by Crippen LogP contribution is -2.14. The van der Waals surface area contributed by atoms with Gasteiger partial charge in [-0.25, -0.2) is 0 Å².